The number of nitrogens with zero attached hydrogens (tertiary/aromatic N) is 5. The van der Waals surface area contributed by atoms with Crippen LogP contribution in [0.15, 0.2) is 52.1 Å². The molecule has 0 amide bonds. The van der Waals surface area contributed by atoms with Gasteiger partial charge >= 0.3 is 5.69 Å². The number of aryl methyl sites for hydroxylation is 3. The maximum Gasteiger partial charge on any atom is 0.332 e. The molecular weight excluding hydrogens is 449 g/mol. The van der Waals surface area contributed by atoms with Crippen molar-refractivity contribution in [1.29, 1.82) is 0 Å². The van der Waals surface area contributed by atoms with Gasteiger partial charge in [-0.2, -0.15) is 4.98 Å². The molecule has 1 aliphatic heterocycles. The number of rotatable bonds is 3. The molecule has 0 saturated heterocycles. The Morgan fingerprint density at radius 1 is 1.00 bits per heavy atom. The number of fused-ring (bicyclic) bond motifs is 3. The summed E-state index contributed by atoms with van der Waals surface area (Å²) in [5.41, 5.74) is 2.93. The predicted molar refractivity (Wildman–Crippen MR) is 128 cm³/mol. The zero-order valence-electron chi connectivity index (χ0n) is 17.7. The summed E-state index contributed by atoms with van der Waals surface area (Å²) < 4.78 is 4.58. The van der Waals surface area contributed by atoms with Gasteiger partial charge in [0.05, 0.1) is 16.6 Å². The Hall–Kier alpha value is -3.03. The largest absolute Gasteiger partial charge is 0.332 e. The molecule has 1 aliphatic rings. The zero-order chi connectivity index (χ0) is 22.6. The molecule has 0 saturated carbocycles. The molecule has 0 unspecified atom stereocenters. The Balaban J connectivity index is 1.68. The summed E-state index contributed by atoms with van der Waals surface area (Å²) in [6, 6.07) is 13.3. The van der Waals surface area contributed by atoms with E-state index in [1.54, 1.807) is 25.2 Å². The molecule has 0 atom stereocenters. The Labute approximate surface area is 194 Å². The van der Waals surface area contributed by atoms with Crippen LogP contribution in [0.5, 0.6) is 0 Å². The first-order chi connectivity index (χ1) is 15.3. The lowest BCUT2D eigenvalue weighted by Crippen LogP contribution is -2.40. The van der Waals surface area contributed by atoms with Gasteiger partial charge in [0.25, 0.3) is 5.56 Å². The molecular formula is C23H21Cl2N5O2. The fourth-order valence-corrected chi connectivity index (χ4v) is 4.51. The van der Waals surface area contributed by atoms with Gasteiger partial charge in [-0.15, -0.1) is 0 Å². The van der Waals surface area contributed by atoms with E-state index >= 15 is 0 Å². The lowest BCUT2D eigenvalue weighted by Gasteiger charge is -2.29. The topological polar surface area (TPSA) is 65.1 Å². The number of halogens is 2. The van der Waals surface area contributed by atoms with Gasteiger partial charge in [-0.25, -0.2) is 4.79 Å². The van der Waals surface area contributed by atoms with Gasteiger partial charge in [0.15, 0.2) is 11.2 Å². The van der Waals surface area contributed by atoms with E-state index in [2.05, 4.69) is 17.0 Å². The SMILES string of the molecule is Cc1ccc(N2CCCn3c2nc2c3c(=O)n(Cc3ccc(Cl)c(Cl)c3)c(=O)n2C)cc1. The summed E-state index contributed by atoms with van der Waals surface area (Å²) in [6.45, 7) is 3.59. The second-order valence-corrected chi connectivity index (χ2v) is 8.87. The molecule has 0 bridgehead atoms. The van der Waals surface area contributed by atoms with Crippen LogP contribution in [0.2, 0.25) is 10.0 Å². The normalized spacial score (nSPS) is 13.6. The molecule has 3 heterocycles. The third kappa shape index (κ3) is 3.32. The Bertz CT molecular complexity index is 1470. The minimum absolute atomic E-state index is 0.0977. The van der Waals surface area contributed by atoms with Crippen molar-refractivity contribution in [3.8, 4) is 0 Å². The number of aromatic nitrogens is 4. The van der Waals surface area contributed by atoms with Crippen LogP contribution in [0.1, 0.15) is 17.5 Å². The van der Waals surface area contributed by atoms with Crippen molar-refractivity contribution in [1.82, 2.24) is 18.7 Å². The van der Waals surface area contributed by atoms with E-state index in [1.807, 2.05) is 23.6 Å². The predicted octanol–water partition coefficient (Wildman–Crippen LogP) is 4.10. The molecule has 2 aromatic carbocycles. The molecule has 0 fully saturated rings. The lowest BCUT2D eigenvalue weighted by molar-refractivity contribution is 0.597. The summed E-state index contributed by atoms with van der Waals surface area (Å²) >= 11 is 12.1. The van der Waals surface area contributed by atoms with Gasteiger partial charge in [0, 0.05) is 25.8 Å². The molecule has 32 heavy (non-hydrogen) atoms. The molecule has 7 nitrogen and oxygen atoms in total. The van der Waals surface area contributed by atoms with Crippen molar-refractivity contribution >= 4 is 46.0 Å². The van der Waals surface area contributed by atoms with E-state index < -0.39 is 5.69 Å². The second kappa shape index (κ2) is 7.83. The number of imidazole rings is 1. The smallest absolute Gasteiger partial charge is 0.312 e. The molecule has 2 aromatic heterocycles. The van der Waals surface area contributed by atoms with E-state index in [9.17, 15) is 9.59 Å². The van der Waals surface area contributed by atoms with Gasteiger partial charge in [0.1, 0.15) is 0 Å². The molecule has 4 aromatic rings. The maximum absolute atomic E-state index is 13.5. The summed E-state index contributed by atoms with van der Waals surface area (Å²) in [7, 11) is 1.64. The fraction of sp³-hybridized carbons (Fsp3) is 0.261. The molecule has 5 rings (SSSR count). The quantitative estimate of drug-likeness (QED) is 0.452. The highest BCUT2D eigenvalue weighted by molar-refractivity contribution is 6.42. The summed E-state index contributed by atoms with van der Waals surface area (Å²) in [4.78, 5) is 33.4. The molecule has 9 heteroatoms. The Kier molecular flexibility index (Phi) is 5.10. The van der Waals surface area contributed by atoms with Gasteiger partial charge in [-0.3, -0.25) is 13.9 Å². The minimum atomic E-state index is -0.425. The first-order valence-electron chi connectivity index (χ1n) is 10.3. The van der Waals surface area contributed by atoms with Crippen LogP contribution in [0.3, 0.4) is 0 Å². The lowest BCUT2D eigenvalue weighted by atomic mass is 10.2. The minimum Gasteiger partial charge on any atom is -0.312 e. The monoisotopic (exact) mass is 469 g/mol. The summed E-state index contributed by atoms with van der Waals surface area (Å²) in [5.74, 6) is 0.675. The molecule has 0 radical (unpaired) electrons. The summed E-state index contributed by atoms with van der Waals surface area (Å²) in [5, 5.41) is 0.803. The van der Waals surface area contributed by atoms with Crippen LogP contribution in [0.4, 0.5) is 11.6 Å². The maximum atomic E-state index is 13.5. The van der Waals surface area contributed by atoms with E-state index in [4.69, 9.17) is 28.2 Å². The van der Waals surface area contributed by atoms with Gasteiger partial charge in [0.2, 0.25) is 5.95 Å². The Morgan fingerprint density at radius 2 is 1.75 bits per heavy atom. The van der Waals surface area contributed by atoms with Crippen LogP contribution in [-0.2, 0) is 20.1 Å². The van der Waals surface area contributed by atoms with Crippen LogP contribution in [0, 0.1) is 6.92 Å². The molecule has 0 aliphatic carbocycles. The average Bonchev–Trinajstić information content (AvgIpc) is 3.18. The van der Waals surface area contributed by atoms with Crippen LogP contribution in [-0.4, -0.2) is 25.2 Å². The van der Waals surface area contributed by atoms with Crippen molar-refractivity contribution < 1.29 is 0 Å². The van der Waals surface area contributed by atoms with Crippen molar-refractivity contribution in [3.63, 3.8) is 0 Å². The molecule has 164 valence electrons. The first kappa shape index (κ1) is 20.8. The summed E-state index contributed by atoms with van der Waals surface area (Å²) in [6.07, 6.45) is 0.863. The number of hydrogen-bond donors (Lipinski definition) is 0. The van der Waals surface area contributed by atoms with E-state index in [1.165, 1.54) is 14.7 Å². The van der Waals surface area contributed by atoms with Crippen molar-refractivity contribution in [2.45, 2.75) is 26.4 Å². The first-order valence-corrected chi connectivity index (χ1v) is 11.1. The highest BCUT2D eigenvalue weighted by Crippen LogP contribution is 2.31. The van der Waals surface area contributed by atoms with Crippen molar-refractivity contribution in [2.24, 2.45) is 7.05 Å². The van der Waals surface area contributed by atoms with Crippen LogP contribution < -0.4 is 16.1 Å². The third-order valence-corrected chi connectivity index (χ3v) is 6.63. The van der Waals surface area contributed by atoms with Gasteiger partial charge in [-0.05, 0) is 43.2 Å². The average molecular weight is 470 g/mol. The standard InChI is InChI=1S/C23H21Cl2N5O2/c1-14-4-7-16(8-5-14)28-10-3-11-29-19-20(26-22(28)29)27(2)23(32)30(21(19)31)13-15-6-9-17(24)18(25)12-15/h4-9,12H,3,10-11,13H2,1-2H3. The molecule has 0 spiro atoms. The fourth-order valence-electron chi connectivity index (χ4n) is 4.19. The number of benzene rings is 2. The van der Waals surface area contributed by atoms with Crippen LogP contribution in [0.25, 0.3) is 11.2 Å². The van der Waals surface area contributed by atoms with Crippen molar-refractivity contribution in [2.75, 3.05) is 11.4 Å². The van der Waals surface area contributed by atoms with E-state index in [0.29, 0.717) is 33.7 Å². The van der Waals surface area contributed by atoms with Gasteiger partial charge < -0.3 is 9.47 Å². The third-order valence-electron chi connectivity index (χ3n) is 5.89. The van der Waals surface area contributed by atoms with E-state index in [0.717, 1.165) is 24.2 Å². The Morgan fingerprint density at radius 3 is 2.47 bits per heavy atom. The van der Waals surface area contributed by atoms with Crippen molar-refractivity contribution in [3.05, 3.63) is 84.5 Å². The zero-order valence-corrected chi connectivity index (χ0v) is 19.2. The number of hydrogen-bond acceptors (Lipinski definition) is 4. The highest BCUT2D eigenvalue weighted by Gasteiger charge is 2.27. The number of anilines is 2. The highest BCUT2D eigenvalue weighted by atomic mass is 35.5. The van der Waals surface area contributed by atoms with Crippen LogP contribution >= 0.6 is 23.2 Å². The second-order valence-electron chi connectivity index (χ2n) is 8.06. The van der Waals surface area contributed by atoms with E-state index in [-0.39, 0.29) is 12.1 Å². The molecule has 0 N–H and O–H groups in total. The van der Waals surface area contributed by atoms with Gasteiger partial charge in [-0.1, -0.05) is 47.0 Å².